The average Bonchev–Trinajstić information content (AvgIpc) is 3.19. The van der Waals surface area contributed by atoms with E-state index in [1.807, 2.05) is 22.9 Å². The molecule has 21 heavy (non-hydrogen) atoms. The molecule has 6 heteroatoms. The topological polar surface area (TPSA) is 59.7 Å². The lowest BCUT2D eigenvalue weighted by Crippen LogP contribution is -2.33. The molecule has 0 N–H and O–H groups in total. The smallest absolute Gasteiger partial charge is 0.140 e. The van der Waals surface area contributed by atoms with Gasteiger partial charge in [-0.3, -0.25) is 4.68 Å². The number of anilines is 1. The van der Waals surface area contributed by atoms with Crippen LogP contribution in [0.1, 0.15) is 12.8 Å². The fourth-order valence-corrected chi connectivity index (χ4v) is 3.07. The first-order valence-corrected chi connectivity index (χ1v) is 7.20. The minimum atomic E-state index is 0.407. The van der Waals surface area contributed by atoms with E-state index in [9.17, 15) is 0 Å². The Morgan fingerprint density at radius 3 is 3.00 bits per heavy atom. The Morgan fingerprint density at radius 2 is 2.10 bits per heavy atom. The Bertz CT molecular complexity index is 734. The minimum Gasteiger partial charge on any atom is -0.351 e. The summed E-state index contributed by atoms with van der Waals surface area (Å²) in [4.78, 5) is 15.3. The maximum atomic E-state index is 4.54. The van der Waals surface area contributed by atoms with E-state index >= 15 is 0 Å². The van der Waals surface area contributed by atoms with Gasteiger partial charge in [0, 0.05) is 11.9 Å². The third kappa shape index (κ3) is 2.22. The summed E-state index contributed by atoms with van der Waals surface area (Å²) in [6.45, 7) is 1.87. The van der Waals surface area contributed by atoms with Crippen LogP contribution >= 0.6 is 0 Å². The lowest BCUT2D eigenvalue weighted by Gasteiger charge is -2.26. The van der Waals surface area contributed by atoms with Crippen molar-refractivity contribution in [1.82, 2.24) is 24.7 Å². The van der Waals surface area contributed by atoms with Gasteiger partial charge in [-0.05, 0) is 25.0 Å². The first kappa shape index (κ1) is 12.3. The van der Waals surface area contributed by atoms with Crippen molar-refractivity contribution in [2.24, 2.45) is 0 Å². The highest BCUT2D eigenvalue weighted by molar-refractivity contribution is 5.89. The predicted molar refractivity (Wildman–Crippen MR) is 79.9 cm³/mol. The highest BCUT2D eigenvalue weighted by Crippen LogP contribution is 2.29. The van der Waals surface area contributed by atoms with Crippen molar-refractivity contribution < 1.29 is 0 Å². The summed E-state index contributed by atoms with van der Waals surface area (Å²) in [7, 11) is 0. The van der Waals surface area contributed by atoms with Gasteiger partial charge < -0.3 is 4.90 Å². The molecule has 0 spiro atoms. The molecule has 0 saturated carbocycles. The standard InChI is InChI=1S/C15H16N6/c1-2-6-14-13(5-1)15(18-10-17-14)21-7-3-4-12(21)8-20-11-16-9-19-20/h1-2,5-6,9-12H,3-4,7-8H2/t12-/m1/s1. The molecule has 3 heterocycles. The zero-order valence-corrected chi connectivity index (χ0v) is 11.6. The highest BCUT2D eigenvalue weighted by atomic mass is 15.3. The van der Waals surface area contributed by atoms with Gasteiger partial charge in [0.1, 0.15) is 24.8 Å². The number of aromatic nitrogens is 5. The van der Waals surface area contributed by atoms with E-state index in [2.05, 4.69) is 31.0 Å². The molecule has 1 aliphatic rings. The second-order valence-corrected chi connectivity index (χ2v) is 5.32. The Morgan fingerprint density at radius 1 is 1.14 bits per heavy atom. The number of benzene rings is 1. The minimum absolute atomic E-state index is 0.407. The lowest BCUT2D eigenvalue weighted by atomic mass is 10.2. The van der Waals surface area contributed by atoms with E-state index in [1.165, 1.54) is 6.42 Å². The van der Waals surface area contributed by atoms with Gasteiger partial charge in [0.25, 0.3) is 0 Å². The van der Waals surface area contributed by atoms with Gasteiger partial charge in [0.2, 0.25) is 0 Å². The molecule has 1 aliphatic heterocycles. The van der Waals surface area contributed by atoms with Crippen molar-refractivity contribution in [3.63, 3.8) is 0 Å². The molecule has 1 atom stereocenters. The largest absolute Gasteiger partial charge is 0.351 e. The molecule has 2 aromatic heterocycles. The zero-order chi connectivity index (χ0) is 14.1. The maximum absolute atomic E-state index is 4.54. The van der Waals surface area contributed by atoms with Gasteiger partial charge in [-0.2, -0.15) is 5.10 Å². The molecule has 3 aromatic rings. The van der Waals surface area contributed by atoms with Gasteiger partial charge in [-0.25, -0.2) is 15.0 Å². The molecule has 1 aromatic carbocycles. The fourth-order valence-electron chi connectivity index (χ4n) is 3.07. The Balaban J connectivity index is 1.70. The summed E-state index contributed by atoms with van der Waals surface area (Å²) < 4.78 is 1.90. The van der Waals surface area contributed by atoms with Crippen LogP contribution < -0.4 is 4.90 Å². The van der Waals surface area contributed by atoms with Crippen molar-refractivity contribution in [1.29, 1.82) is 0 Å². The van der Waals surface area contributed by atoms with Crippen LogP contribution in [0.2, 0.25) is 0 Å². The summed E-state index contributed by atoms with van der Waals surface area (Å²) >= 11 is 0. The molecule has 4 rings (SSSR count). The molecule has 0 amide bonds. The first-order chi connectivity index (χ1) is 10.4. The number of hydrogen-bond acceptors (Lipinski definition) is 5. The van der Waals surface area contributed by atoms with E-state index in [-0.39, 0.29) is 0 Å². The Kier molecular flexibility index (Phi) is 2.99. The van der Waals surface area contributed by atoms with E-state index in [0.29, 0.717) is 6.04 Å². The second-order valence-electron chi connectivity index (χ2n) is 5.32. The molecule has 6 nitrogen and oxygen atoms in total. The van der Waals surface area contributed by atoms with E-state index in [1.54, 1.807) is 19.0 Å². The van der Waals surface area contributed by atoms with Gasteiger partial charge in [-0.15, -0.1) is 0 Å². The van der Waals surface area contributed by atoms with Crippen LogP contribution in [0.4, 0.5) is 5.82 Å². The maximum Gasteiger partial charge on any atom is 0.140 e. The summed E-state index contributed by atoms with van der Waals surface area (Å²) in [5.41, 5.74) is 0.994. The molecule has 106 valence electrons. The highest BCUT2D eigenvalue weighted by Gasteiger charge is 2.27. The summed E-state index contributed by atoms with van der Waals surface area (Å²) in [5.74, 6) is 1.03. The quantitative estimate of drug-likeness (QED) is 0.733. The van der Waals surface area contributed by atoms with E-state index in [4.69, 9.17) is 0 Å². The lowest BCUT2D eigenvalue weighted by molar-refractivity contribution is 0.507. The van der Waals surface area contributed by atoms with Crippen LogP contribution in [0.5, 0.6) is 0 Å². The monoisotopic (exact) mass is 280 g/mol. The normalized spacial score (nSPS) is 18.5. The van der Waals surface area contributed by atoms with Crippen molar-refractivity contribution in [3.8, 4) is 0 Å². The van der Waals surface area contributed by atoms with Gasteiger partial charge in [0.15, 0.2) is 0 Å². The Hall–Kier alpha value is -2.50. The van der Waals surface area contributed by atoms with Crippen molar-refractivity contribution >= 4 is 16.7 Å². The van der Waals surface area contributed by atoms with Crippen LogP contribution in [0.25, 0.3) is 10.9 Å². The van der Waals surface area contributed by atoms with Gasteiger partial charge >= 0.3 is 0 Å². The zero-order valence-electron chi connectivity index (χ0n) is 11.6. The van der Waals surface area contributed by atoms with E-state index < -0.39 is 0 Å². The summed E-state index contributed by atoms with van der Waals surface area (Å²) in [6.07, 6.45) is 7.34. The van der Waals surface area contributed by atoms with Crippen molar-refractivity contribution in [3.05, 3.63) is 43.2 Å². The summed E-state index contributed by atoms with van der Waals surface area (Å²) in [6, 6.07) is 8.58. The number of fused-ring (bicyclic) bond motifs is 1. The number of rotatable bonds is 3. The first-order valence-electron chi connectivity index (χ1n) is 7.20. The molecule has 1 saturated heterocycles. The molecular weight excluding hydrogens is 264 g/mol. The molecule has 0 bridgehead atoms. The van der Waals surface area contributed by atoms with Crippen molar-refractivity contribution in [2.45, 2.75) is 25.4 Å². The molecule has 1 fully saturated rings. The van der Waals surface area contributed by atoms with Crippen molar-refractivity contribution in [2.75, 3.05) is 11.4 Å². The number of para-hydroxylation sites is 1. The number of nitrogens with zero attached hydrogens (tertiary/aromatic N) is 6. The fraction of sp³-hybridized carbons (Fsp3) is 0.333. The molecular formula is C15H16N6. The van der Waals surface area contributed by atoms with Crippen LogP contribution in [-0.2, 0) is 6.54 Å². The van der Waals surface area contributed by atoms with Crippen LogP contribution in [-0.4, -0.2) is 37.3 Å². The van der Waals surface area contributed by atoms with Crippen LogP contribution in [0.3, 0.4) is 0 Å². The molecule has 0 unspecified atom stereocenters. The third-order valence-electron chi connectivity index (χ3n) is 4.04. The van der Waals surface area contributed by atoms with Gasteiger partial charge in [0.05, 0.1) is 18.1 Å². The molecule has 0 radical (unpaired) electrons. The number of hydrogen-bond donors (Lipinski definition) is 0. The molecule has 0 aliphatic carbocycles. The van der Waals surface area contributed by atoms with Crippen LogP contribution in [0, 0.1) is 0 Å². The Labute approximate surface area is 122 Å². The SMILES string of the molecule is c1ccc2c(N3CCC[C@@H]3Cn3cncn3)ncnc2c1. The van der Waals surface area contributed by atoms with Crippen LogP contribution in [0.15, 0.2) is 43.2 Å². The van der Waals surface area contributed by atoms with Gasteiger partial charge in [-0.1, -0.05) is 12.1 Å². The second kappa shape index (κ2) is 5.12. The predicted octanol–water partition coefficient (Wildman–Crippen LogP) is 1.89. The third-order valence-corrected chi connectivity index (χ3v) is 4.04. The summed E-state index contributed by atoms with van der Waals surface area (Å²) in [5, 5.41) is 5.33. The van der Waals surface area contributed by atoms with E-state index in [0.717, 1.165) is 36.2 Å². The average molecular weight is 280 g/mol.